The molecule has 0 radical (unpaired) electrons. The number of H-pyrrole nitrogens is 2. The Labute approximate surface area is 435 Å². The van der Waals surface area contributed by atoms with Crippen LogP contribution in [0.3, 0.4) is 0 Å². The number of nitrogens with two attached hydrogens (primary N) is 1. The van der Waals surface area contributed by atoms with Gasteiger partial charge in [-0.05, 0) is 117 Å². The van der Waals surface area contributed by atoms with Gasteiger partial charge in [0.05, 0.1) is 34.5 Å². The van der Waals surface area contributed by atoms with Gasteiger partial charge < -0.3 is 69.7 Å². The van der Waals surface area contributed by atoms with Gasteiger partial charge in [0.15, 0.2) is 24.3 Å². The van der Waals surface area contributed by atoms with E-state index < -0.39 is 94.3 Å². The highest BCUT2D eigenvalue weighted by atomic mass is 32.1. The summed E-state index contributed by atoms with van der Waals surface area (Å²) < 4.78 is 24.8. The van der Waals surface area contributed by atoms with E-state index in [1.54, 1.807) is 48.5 Å². The summed E-state index contributed by atoms with van der Waals surface area (Å²) in [4.78, 5) is 43.2. The second-order valence-electron chi connectivity index (χ2n) is 21.9. The number of aromatic amines is 2. The normalized spacial score (nSPS) is 27.5. The first-order valence-electron chi connectivity index (χ1n) is 24.4. The van der Waals surface area contributed by atoms with E-state index in [1.807, 2.05) is 13.0 Å². The summed E-state index contributed by atoms with van der Waals surface area (Å²) in [6, 6.07) is 5.02. The molecule has 3 unspecified atom stereocenters. The number of fused-ring (bicyclic) bond motifs is 3. The second-order valence-corrected chi connectivity index (χ2v) is 35.2. The molecule has 25 heteroatoms. The average Bonchev–Trinajstić information content (AvgIpc) is 4.14. The highest BCUT2D eigenvalue weighted by Crippen LogP contribution is 2.43. The molecule has 6 aromatic rings. The van der Waals surface area contributed by atoms with Crippen molar-refractivity contribution >= 4 is 90.7 Å². The van der Waals surface area contributed by atoms with Crippen molar-refractivity contribution in [3.63, 3.8) is 0 Å². The predicted octanol–water partition coefficient (Wildman–Crippen LogP) is 3.22. The van der Waals surface area contributed by atoms with E-state index in [9.17, 15) is 40.2 Å². The van der Waals surface area contributed by atoms with Gasteiger partial charge in [-0.15, -0.1) is 39.6 Å². The van der Waals surface area contributed by atoms with Gasteiger partial charge in [0.1, 0.15) is 75.8 Å². The third-order valence-electron chi connectivity index (χ3n) is 13.6. The summed E-state index contributed by atoms with van der Waals surface area (Å²) >= 11 is 5.29. The molecule has 74 heavy (non-hydrogen) atoms. The Morgan fingerprint density at radius 3 is 1.59 bits per heavy atom. The first-order valence-corrected chi connectivity index (χ1v) is 34.0. The number of nitrogens with zero attached hydrogens (tertiary/aromatic N) is 7. The minimum atomic E-state index is -1.27. The van der Waals surface area contributed by atoms with Gasteiger partial charge in [-0.25, -0.2) is 15.0 Å². The van der Waals surface area contributed by atoms with Crippen molar-refractivity contribution in [3.8, 4) is 0 Å². The number of rotatable bonds is 12. The Morgan fingerprint density at radius 1 is 0.635 bits per heavy atom. The predicted molar refractivity (Wildman–Crippen MR) is 303 cm³/mol. The van der Waals surface area contributed by atoms with E-state index in [0.29, 0.717) is 63.4 Å². The van der Waals surface area contributed by atoms with Crippen molar-refractivity contribution in [1.29, 1.82) is 0 Å². The molecule has 21 nitrogen and oxygen atoms in total. The highest BCUT2D eigenvalue weighted by Gasteiger charge is 2.46. The molecule has 3 fully saturated rings. The van der Waals surface area contributed by atoms with Gasteiger partial charge >= 0.3 is 0 Å². The molecule has 3 aliphatic heterocycles. The Hall–Kier alpha value is -3.98. The van der Waals surface area contributed by atoms with Crippen molar-refractivity contribution in [2.75, 3.05) is 64.2 Å². The third-order valence-corrected chi connectivity index (χ3v) is 18.3. The Morgan fingerprint density at radius 2 is 1.08 bits per heavy atom. The molecule has 0 bridgehead atoms. The van der Waals surface area contributed by atoms with Crippen LogP contribution in [-0.4, -0.2) is 206 Å². The Bertz CT molecular complexity index is 3350. The van der Waals surface area contributed by atoms with Crippen LogP contribution in [-0.2, 0) is 21.3 Å². The first kappa shape index (κ1) is 57.7. The highest BCUT2D eigenvalue weighted by molar-refractivity contribution is 7.73. The van der Waals surface area contributed by atoms with Gasteiger partial charge in [-0.3, -0.25) is 18.7 Å². The molecule has 3 saturated heterocycles. The zero-order valence-corrected chi connectivity index (χ0v) is 47.4. The fraction of sp³-hybridized carbons (Fsp3) is 0.571. The topological polar surface area (TPSA) is 299 Å². The van der Waals surface area contributed by atoms with Crippen molar-refractivity contribution < 1.29 is 44.8 Å². The maximum absolute atomic E-state index is 12.4. The molecule has 3 aliphatic rings. The van der Waals surface area contributed by atoms with Crippen LogP contribution in [0.25, 0.3) is 33.1 Å². The second kappa shape index (κ2) is 22.2. The minimum Gasteiger partial charge on any atom is -0.388 e. The van der Waals surface area contributed by atoms with Crippen LogP contribution in [0.15, 0.2) is 40.2 Å². The van der Waals surface area contributed by atoms with Crippen LogP contribution < -0.4 is 16.9 Å². The van der Waals surface area contributed by atoms with Gasteiger partial charge in [0, 0.05) is 19.4 Å². The monoisotopic (exact) mass is 1100 g/mol. The molecule has 9 heterocycles. The molecule has 12 atom stereocenters. The smallest absolute Gasteiger partial charge is 0.262 e. The molecule has 0 aliphatic carbocycles. The maximum atomic E-state index is 12.4. The van der Waals surface area contributed by atoms with E-state index in [4.69, 9.17) is 32.2 Å². The largest absolute Gasteiger partial charge is 0.388 e. The number of ether oxygens (including phenoxy) is 3. The lowest BCUT2D eigenvalue weighted by atomic mass is 10.1. The Kier molecular flexibility index (Phi) is 17.3. The summed E-state index contributed by atoms with van der Waals surface area (Å²) in [5, 5.41) is 64.1. The van der Waals surface area contributed by atoms with Crippen LogP contribution in [0.2, 0.25) is 0 Å². The number of aliphatic hydroxyl groups excluding tert-OH is 6. The van der Waals surface area contributed by atoms with Crippen molar-refractivity contribution in [3.05, 3.63) is 73.4 Å². The number of nitrogen functional groups attached to an aromatic ring is 1. The van der Waals surface area contributed by atoms with Crippen LogP contribution in [0.5, 0.6) is 0 Å². The number of aromatic nitrogens is 9. The number of hydrogen-bond donors (Lipinski definition) is 9. The molecule has 9 rings (SSSR count). The molecule has 0 saturated carbocycles. The molecule has 0 spiro atoms. The summed E-state index contributed by atoms with van der Waals surface area (Å²) in [7, 11) is 1.67. The fourth-order valence-corrected chi connectivity index (χ4v) is 12.5. The number of hydrogen-bond acceptors (Lipinski definition) is 16. The summed E-state index contributed by atoms with van der Waals surface area (Å²) in [6.45, 7) is 14.3. The van der Waals surface area contributed by atoms with Crippen LogP contribution >= 0.6 is 32.9 Å². The molecule has 0 amide bonds. The summed E-state index contributed by atoms with van der Waals surface area (Å²) in [5.41, 5.74) is 7.13. The Balaban J connectivity index is 0.000000162. The first-order chi connectivity index (χ1) is 34.3. The lowest BCUT2D eigenvalue weighted by molar-refractivity contribution is -0.0350. The average molecular weight is 1110 g/mol. The maximum Gasteiger partial charge on any atom is 0.262 e. The minimum absolute atomic E-state index is 0.144. The standard InChI is InChI=1S/C17H26N3O4P.C16H25N4O4P.C16H24N3O3PS/c1-10-18-15-11(16(23)19(10)2)6-8-20(15)17-14(22)13(21)12(24-17)7-9-25(3,4)5;1-8-18-14-9(15(23)19-8)7-11(17)20(14)16-13(22)12(21)10(24-16)5-6-25(2,3)4;1-9-17-14-10(15(24)18-9)5-7-19(14)16-13(21)12(20)11(22-16)6-8-23(2,3)4/h6,8,12-14,17,21-22H,3,7,9H2,1-2,4-5H3;7,10,12-13,16,21-22H,2,5-6,17H2,1,3-4H3,(H,18,19,23);5,7,11-13,16,20-21H,2,6,8H2,1,3-4H3,(H,17,18,24)/t12-,13-,14-,17?;10-,12-,13-,16?;11-,12-,13-,16?/m111/s1. The quantitative estimate of drug-likeness (QED) is 0.0628. The number of aryl methyl sites for hydroxylation is 3. The summed E-state index contributed by atoms with van der Waals surface area (Å²) in [6.07, 6.45) is 10.8. The number of anilines is 1. The zero-order chi connectivity index (χ0) is 54.7. The van der Waals surface area contributed by atoms with Crippen molar-refractivity contribution in [2.45, 2.75) is 114 Å². The van der Waals surface area contributed by atoms with Crippen LogP contribution in [0.1, 0.15) is 55.4 Å². The molecule has 6 aromatic heterocycles. The van der Waals surface area contributed by atoms with Gasteiger partial charge in [-0.2, -0.15) is 0 Å². The third kappa shape index (κ3) is 12.6. The summed E-state index contributed by atoms with van der Waals surface area (Å²) in [5.74, 6) is 1.96. The van der Waals surface area contributed by atoms with Crippen LogP contribution in [0, 0.1) is 25.4 Å². The molecule has 0 aromatic carbocycles. The zero-order valence-electron chi connectivity index (χ0n) is 43.9. The number of nitrogens with one attached hydrogen (secondary N) is 2. The van der Waals surface area contributed by atoms with E-state index in [1.165, 1.54) is 15.2 Å². The molecule has 10 N–H and O–H groups in total. The number of aliphatic hydroxyl groups is 6. The van der Waals surface area contributed by atoms with Crippen LogP contribution in [0.4, 0.5) is 5.82 Å². The van der Waals surface area contributed by atoms with E-state index in [2.05, 4.69) is 83.8 Å². The molecule has 408 valence electrons. The lowest BCUT2D eigenvalue weighted by Crippen LogP contribution is -2.32. The fourth-order valence-electron chi connectivity index (χ4n) is 9.37. The van der Waals surface area contributed by atoms with Crippen molar-refractivity contribution in [1.82, 2.24) is 43.2 Å². The van der Waals surface area contributed by atoms with E-state index >= 15 is 0 Å². The van der Waals surface area contributed by atoms with E-state index in [-0.39, 0.29) is 16.9 Å². The van der Waals surface area contributed by atoms with Crippen molar-refractivity contribution in [2.24, 2.45) is 7.05 Å². The van der Waals surface area contributed by atoms with E-state index in [0.717, 1.165) is 29.5 Å². The van der Waals surface area contributed by atoms with Gasteiger partial charge in [0.2, 0.25) is 0 Å². The lowest BCUT2D eigenvalue weighted by Gasteiger charge is -2.19. The molecular weight excluding hydrogens is 1030 g/mol. The SMILES string of the molecule is C=P(C)(C)CC[C@H]1OC(n2c(N)cc3c(=O)[nH]c(C)nc32)[C@H](O)[C@@H]1O.C=P(C)(C)CC[C@H]1OC(n2ccc3c(=O)n(C)c(C)nc32)[C@H](O)[C@@H]1O.C=P(C)(C)CC[C@H]1OC(n2ccc3c(=S)nc(C)[nH]c32)[C@H](O)[C@@H]1O. The van der Waals surface area contributed by atoms with Gasteiger partial charge in [0.25, 0.3) is 11.1 Å². The van der Waals surface area contributed by atoms with Gasteiger partial charge in [-0.1, -0.05) is 12.2 Å². The molecular formula is C49H75N10O11P3S.